The van der Waals surface area contributed by atoms with E-state index in [1.165, 1.54) is 9.40 Å². The van der Waals surface area contributed by atoms with Crippen LogP contribution in [0.5, 0.6) is 0 Å². The number of nitrogens with two attached hydrogens (primary N) is 1. The maximum absolute atomic E-state index is 10.3. The zero-order valence-electron chi connectivity index (χ0n) is 9.51. The van der Waals surface area contributed by atoms with E-state index in [0.717, 1.165) is 4.88 Å². The van der Waals surface area contributed by atoms with Crippen molar-refractivity contribution < 1.29 is 5.11 Å². The molecule has 2 aromatic heterocycles. The molecule has 0 aliphatic heterocycles. The Morgan fingerprint density at radius 1 is 1.38 bits per heavy atom. The molecular weight excluding hydrogens is 238 g/mol. The third-order valence-corrected chi connectivity index (χ3v) is 5.15. The number of fused-ring (bicyclic) bond motifs is 1. The van der Waals surface area contributed by atoms with E-state index in [-0.39, 0.29) is 5.92 Å². The molecule has 2 heterocycles. The van der Waals surface area contributed by atoms with Crippen LogP contribution in [0.15, 0.2) is 17.5 Å². The Kier molecular flexibility index (Phi) is 3.64. The number of aliphatic hydroxyl groups excluding tert-OH is 1. The monoisotopic (exact) mass is 255 g/mol. The van der Waals surface area contributed by atoms with E-state index in [2.05, 4.69) is 31.4 Å². The average Bonchev–Trinajstić information content (AvgIpc) is 2.76. The first-order valence-electron chi connectivity index (χ1n) is 5.48. The van der Waals surface area contributed by atoms with Gasteiger partial charge in [-0.1, -0.05) is 13.8 Å². The van der Waals surface area contributed by atoms with Crippen molar-refractivity contribution in [3.8, 4) is 0 Å². The fourth-order valence-corrected chi connectivity index (χ4v) is 4.09. The highest BCUT2D eigenvalue weighted by molar-refractivity contribution is 7.26. The predicted octanol–water partition coefficient (Wildman–Crippen LogP) is 3.23. The molecule has 16 heavy (non-hydrogen) atoms. The Morgan fingerprint density at radius 3 is 2.69 bits per heavy atom. The molecule has 0 aromatic carbocycles. The zero-order valence-corrected chi connectivity index (χ0v) is 11.1. The molecule has 0 bridgehead atoms. The summed E-state index contributed by atoms with van der Waals surface area (Å²) in [6, 6.07) is 4.20. The van der Waals surface area contributed by atoms with Gasteiger partial charge < -0.3 is 10.8 Å². The lowest BCUT2D eigenvalue weighted by Crippen LogP contribution is -2.26. The first-order chi connectivity index (χ1) is 7.63. The van der Waals surface area contributed by atoms with Gasteiger partial charge in [-0.25, -0.2) is 0 Å². The fourth-order valence-electron chi connectivity index (χ4n) is 1.91. The summed E-state index contributed by atoms with van der Waals surface area (Å²) >= 11 is 3.40. The Balaban J connectivity index is 2.26. The number of hydrogen-bond acceptors (Lipinski definition) is 4. The van der Waals surface area contributed by atoms with E-state index >= 15 is 0 Å². The van der Waals surface area contributed by atoms with Crippen LogP contribution in [-0.4, -0.2) is 11.7 Å². The van der Waals surface area contributed by atoms with E-state index in [1.54, 1.807) is 22.7 Å². The summed E-state index contributed by atoms with van der Waals surface area (Å²) in [5, 5.41) is 12.4. The fraction of sp³-hybridized carbons (Fsp3) is 0.500. The maximum atomic E-state index is 10.3. The molecular formula is C12H17NOS2. The third-order valence-electron chi connectivity index (χ3n) is 2.98. The highest BCUT2D eigenvalue weighted by Gasteiger charge is 2.24. The molecule has 0 fully saturated rings. The van der Waals surface area contributed by atoms with Gasteiger partial charge in [0.15, 0.2) is 0 Å². The Labute approximate surface area is 104 Å². The van der Waals surface area contributed by atoms with E-state index in [9.17, 15) is 5.11 Å². The van der Waals surface area contributed by atoms with Crippen LogP contribution in [0.25, 0.3) is 9.40 Å². The van der Waals surface area contributed by atoms with Crippen LogP contribution < -0.4 is 5.73 Å². The van der Waals surface area contributed by atoms with Crippen molar-refractivity contribution in [2.75, 3.05) is 6.54 Å². The third kappa shape index (κ3) is 2.15. The number of aliphatic hydroxyl groups is 1. The molecule has 2 nitrogen and oxygen atoms in total. The second-order valence-electron chi connectivity index (χ2n) is 4.39. The minimum atomic E-state index is -0.422. The summed E-state index contributed by atoms with van der Waals surface area (Å²) in [6.45, 7) is 4.75. The molecule has 0 radical (unpaired) electrons. The van der Waals surface area contributed by atoms with Crippen molar-refractivity contribution in [3.05, 3.63) is 22.4 Å². The molecule has 0 amide bonds. The molecule has 0 aliphatic rings. The number of thiophene rings is 2. The smallest absolute Gasteiger partial charge is 0.0925 e. The summed E-state index contributed by atoms with van der Waals surface area (Å²) in [5.74, 6) is 0.549. The van der Waals surface area contributed by atoms with Crippen molar-refractivity contribution >= 4 is 32.1 Å². The van der Waals surface area contributed by atoms with Crippen LogP contribution in [0.4, 0.5) is 0 Å². The van der Waals surface area contributed by atoms with Gasteiger partial charge in [0.05, 0.1) is 6.10 Å². The molecule has 0 saturated carbocycles. The average molecular weight is 255 g/mol. The normalized spacial score (nSPS) is 15.8. The van der Waals surface area contributed by atoms with Crippen molar-refractivity contribution in [3.63, 3.8) is 0 Å². The molecule has 88 valence electrons. The Morgan fingerprint density at radius 2 is 2.12 bits per heavy atom. The van der Waals surface area contributed by atoms with Gasteiger partial charge >= 0.3 is 0 Å². The van der Waals surface area contributed by atoms with Gasteiger partial charge in [-0.2, -0.15) is 0 Å². The minimum Gasteiger partial charge on any atom is -0.387 e. The van der Waals surface area contributed by atoms with Crippen LogP contribution in [0.3, 0.4) is 0 Å². The molecule has 3 N–H and O–H groups in total. The highest BCUT2D eigenvalue weighted by Crippen LogP contribution is 2.37. The van der Waals surface area contributed by atoms with Crippen LogP contribution in [0.2, 0.25) is 0 Å². The summed E-state index contributed by atoms with van der Waals surface area (Å²) < 4.78 is 2.53. The number of hydrogen-bond donors (Lipinski definition) is 2. The molecule has 2 atom stereocenters. The van der Waals surface area contributed by atoms with E-state index in [0.29, 0.717) is 12.5 Å². The van der Waals surface area contributed by atoms with Crippen molar-refractivity contribution in [2.24, 2.45) is 17.6 Å². The largest absolute Gasteiger partial charge is 0.387 e. The summed E-state index contributed by atoms with van der Waals surface area (Å²) in [7, 11) is 0. The lowest BCUT2D eigenvalue weighted by atomic mass is 9.89. The van der Waals surface area contributed by atoms with E-state index < -0.39 is 6.10 Å². The predicted molar refractivity (Wildman–Crippen MR) is 72.0 cm³/mol. The Hall–Kier alpha value is -0.420. The maximum Gasteiger partial charge on any atom is 0.0925 e. The van der Waals surface area contributed by atoms with Crippen molar-refractivity contribution in [1.82, 2.24) is 0 Å². The second kappa shape index (κ2) is 4.84. The van der Waals surface area contributed by atoms with Gasteiger partial charge in [-0.15, -0.1) is 22.7 Å². The van der Waals surface area contributed by atoms with Gasteiger partial charge in [0.1, 0.15) is 0 Å². The highest BCUT2D eigenvalue weighted by atomic mass is 32.1. The first kappa shape index (κ1) is 12.0. The quantitative estimate of drug-likeness (QED) is 0.881. The van der Waals surface area contributed by atoms with Gasteiger partial charge in [-0.05, 0) is 30.0 Å². The Bertz CT molecular complexity index is 432. The topological polar surface area (TPSA) is 46.2 Å². The molecule has 2 aromatic rings. The van der Waals surface area contributed by atoms with Crippen LogP contribution >= 0.6 is 22.7 Å². The van der Waals surface area contributed by atoms with Crippen LogP contribution in [-0.2, 0) is 0 Å². The summed E-state index contributed by atoms with van der Waals surface area (Å²) in [4.78, 5) is 1.05. The van der Waals surface area contributed by atoms with Crippen molar-refractivity contribution in [1.29, 1.82) is 0 Å². The van der Waals surface area contributed by atoms with Crippen LogP contribution in [0, 0.1) is 11.8 Å². The van der Waals surface area contributed by atoms with Crippen molar-refractivity contribution in [2.45, 2.75) is 20.0 Å². The summed E-state index contributed by atoms with van der Waals surface area (Å²) in [5.41, 5.74) is 5.73. The van der Waals surface area contributed by atoms with Crippen LogP contribution in [0.1, 0.15) is 24.8 Å². The standard InChI is InChI=1S/C12H17NOS2/c1-7(2)8(6-13)12(14)11-5-10-9(16-11)3-4-15-10/h3-5,7-8,12,14H,6,13H2,1-2H3. The lowest BCUT2D eigenvalue weighted by molar-refractivity contribution is 0.0893. The van der Waals surface area contributed by atoms with Gasteiger partial charge in [0.25, 0.3) is 0 Å². The molecule has 0 saturated heterocycles. The zero-order chi connectivity index (χ0) is 11.7. The van der Waals surface area contributed by atoms with E-state index in [4.69, 9.17) is 5.73 Å². The van der Waals surface area contributed by atoms with Gasteiger partial charge in [0, 0.05) is 20.2 Å². The molecule has 2 rings (SSSR count). The van der Waals surface area contributed by atoms with E-state index in [1.807, 2.05) is 0 Å². The minimum absolute atomic E-state index is 0.146. The second-order valence-corrected chi connectivity index (χ2v) is 6.45. The first-order valence-corrected chi connectivity index (χ1v) is 7.18. The lowest BCUT2D eigenvalue weighted by Gasteiger charge is -2.23. The summed E-state index contributed by atoms with van der Waals surface area (Å²) in [6.07, 6.45) is -0.422. The number of rotatable bonds is 4. The molecule has 2 unspecified atom stereocenters. The van der Waals surface area contributed by atoms with Gasteiger partial charge in [-0.3, -0.25) is 0 Å². The SMILES string of the molecule is CC(C)C(CN)C(O)c1cc2sccc2s1. The van der Waals surface area contributed by atoms with Gasteiger partial charge in [0.2, 0.25) is 0 Å². The molecule has 4 heteroatoms. The molecule has 0 aliphatic carbocycles. The molecule has 0 spiro atoms.